The monoisotopic (exact) mass is 457 g/mol. The maximum absolute atomic E-state index is 13.2. The molecule has 8 heteroatoms. The van der Waals surface area contributed by atoms with Gasteiger partial charge in [0.1, 0.15) is 0 Å². The Kier molecular flexibility index (Phi) is 6.68. The third kappa shape index (κ3) is 5.12. The van der Waals surface area contributed by atoms with Crippen molar-refractivity contribution in [3.63, 3.8) is 0 Å². The second kappa shape index (κ2) is 9.99. The second-order valence-corrected chi connectivity index (χ2v) is 7.87. The first kappa shape index (κ1) is 22.7. The Morgan fingerprint density at radius 1 is 0.794 bits per heavy atom. The predicted octanol–water partition coefficient (Wildman–Crippen LogP) is 3.12. The van der Waals surface area contributed by atoms with E-state index in [1.54, 1.807) is 42.5 Å². The Bertz CT molecular complexity index is 1240. The fourth-order valence-corrected chi connectivity index (χ4v) is 3.68. The summed E-state index contributed by atoms with van der Waals surface area (Å²) in [6, 6.07) is 22.0. The first-order valence-electron chi connectivity index (χ1n) is 10.7. The van der Waals surface area contributed by atoms with Crippen LogP contribution >= 0.6 is 0 Å². The van der Waals surface area contributed by atoms with Crippen LogP contribution in [0.4, 0.5) is 11.4 Å². The molecule has 2 N–H and O–H groups in total. The van der Waals surface area contributed by atoms with E-state index in [-0.39, 0.29) is 29.8 Å². The number of nitrogens with one attached hydrogen (secondary N) is 2. The molecule has 0 saturated carbocycles. The van der Waals surface area contributed by atoms with E-state index in [0.29, 0.717) is 5.69 Å². The number of carbonyl (C=O) groups is 4. The maximum Gasteiger partial charge on any atom is 0.341 e. The van der Waals surface area contributed by atoms with Gasteiger partial charge in [0.2, 0.25) is 5.91 Å². The molecule has 172 valence electrons. The molecule has 0 aromatic heterocycles. The number of esters is 1. The van der Waals surface area contributed by atoms with Gasteiger partial charge in [0, 0.05) is 13.5 Å². The smallest absolute Gasteiger partial charge is 0.341 e. The van der Waals surface area contributed by atoms with Crippen LogP contribution in [0.25, 0.3) is 0 Å². The zero-order valence-corrected chi connectivity index (χ0v) is 18.5. The number of para-hydroxylation sites is 2. The number of amides is 3. The zero-order chi connectivity index (χ0) is 24.1. The summed E-state index contributed by atoms with van der Waals surface area (Å²) in [5.74, 6) is -2.26. The molecule has 0 spiro atoms. The highest BCUT2D eigenvalue weighted by atomic mass is 16.5. The van der Waals surface area contributed by atoms with Gasteiger partial charge < -0.3 is 20.3 Å². The number of cyclic esters (lactones) is 1. The van der Waals surface area contributed by atoms with Crippen LogP contribution in [0.15, 0.2) is 78.9 Å². The van der Waals surface area contributed by atoms with Crippen LogP contribution in [-0.2, 0) is 20.7 Å². The van der Waals surface area contributed by atoms with Crippen molar-refractivity contribution in [3.05, 3.63) is 95.6 Å². The molecule has 0 fully saturated rings. The van der Waals surface area contributed by atoms with E-state index in [4.69, 9.17) is 4.74 Å². The Balaban J connectivity index is 1.74. The maximum atomic E-state index is 13.2. The summed E-state index contributed by atoms with van der Waals surface area (Å²) >= 11 is 0. The number of nitrogens with zero attached hydrogens (tertiary/aromatic N) is 1. The Morgan fingerprint density at radius 2 is 1.38 bits per heavy atom. The number of carbonyl (C=O) groups excluding carboxylic acids is 4. The molecule has 3 aromatic carbocycles. The Morgan fingerprint density at radius 3 is 2.09 bits per heavy atom. The highest BCUT2D eigenvalue weighted by Crippen LogP contribution is 2.22. The van der Waals surface area contributed by atoms with Gasteiger partial charge in [0.05, 0.1) is 29.0 Å². The summed E-state index contributed by atoms with van der Waals surface area (Å²) in [5.41, 5.74) is 1.65. The number of likely N-dealkylation sites (N-methyl/N-ethyl adjacent to an activating group) is 1. The van der Waals surface area contributed by atoms with Crippen LogP contribution in [0, 0.1) is 0 Å². The number of fused-ring (bicyclic) bond motifs is 2. The average Bonchev–Trinajstić information content (AvgIpc) is 2.83. The highest BCUT2D eigenvalue weighted by Gasteiger charge is 2.29. The van der Waals surface area contributed by atoms with Crippen molar-refractivity contribution in [3.8, 4) is 0 Å². The lowest BCUT2D eigenvalue weighted by atomic mass is 10.1. The molecule has 3 amide bonds. The molecule has 0 unspecified atom stereocenters. The van der Waals surface area contributed by atoms with Crippen molar-refractivity contribution < 1.29 is 23.9 Å². The molecule has 1 aliphatic rings. The summed E-state index contributed by atoms with van der Waals surface area (Å²) in [4.78, 5) is 53.2. The van der Waals surface area contributed by atoms with Crippen LogP contribution in [-0.4, -0.2) is 48.3 Å². The molecule has 1 aliphatic heterocycles. The number of benzene rings is 3. The van der Waals surface area contributed by atoms with Crippen LogP contribution in [0.2, 0.25) is 0 Å². The van der Waals surface area contributed by atoms with E-state index in [2.05, 4.69) is 10.6 Å². The van der Waals surface area contributed by atoms with Gasteiger partial charge in [-0.05, 0) is 29.8 Å². The van der Waals surface area contributed by atoms with Gasteiger partial charge in [0.25, 0.3) is 11.8 Å². The fourth-order valence-electron chi connectivity index (χ4n) is 3.68. The quantitative estimate of drug-likeness (QED) is 0.576. The number of rotatable bonds is 2. The SMILES string of the molecule is CN1CC(=O)Nc2ccccc2C(=O)Nc2ccccc2C(=O)O[C@@H](Cc2ccccc2)C1=O. The standard InChI is InChI=1S/C26H23N3O5/c1-29-16-23(30)27-20-13-7-5-11-18(20)24(31)28-21-14-8-6-12-19(21)26(33)34-22(25(29)32)15-17-9-3-2-4-10-17/h2-14,22H,15-16H2,1H3,(H,27,30)(H,28,31)/t22-/m0/s1. The minimum absolute atomic E-state index is 0.114. The van der Waals surface area contributed by atoms with Gasteiger partial charge in [-0.15, -0.1) is 0 Å². The summed E-state index contributed by atoms with van der Waals surface area (Å²) in [6.45, 7) is -0.284. The molecule has 8 nitrogen and oxygen atoms in total. The molecule has 0 bridgehead atoms. The first-order chi connectivity index (χ1) is 16.4. The molecule has 0 saturated heterocycles. The highest BCUT2D eigenvalue weighted by molar-refractivity contribution is 6.12. The summed E-state index contributed by atoms with van der Waals surface area (Å²) in [5, 5.41) is 5.41. The van der Waals surface area contributed by atoms with E-state index in [1.165, 1.54) is 18.0 Å². The third-order valence-electron chi connectivity index (χ3n) is 5.39. The summed E-state index contributed by atoms with van der Waals surface area (Å²) in [6.07, 6.45) is -1.03. The van der Waals surface area contributed by atoms with E-state index in [9.17, 15) is 19.2 Å². The van der Waals surface area contributed by atoms with Crippen LogP contribution in [0.1, 0.15) is 26.3 Å². The topological polar surface area (TPSA) is 105 Å². The van der Waals surface area contributed by atoms with Gasteiger partial charge in [-0.1, -0.05) is 54.6 Å². The normalized spacial score (nSPS) is 17.0. The average molecular weight is 457 g/mol. The lowest BCUT2D eigenvalue weighted by Gasteiger charge is -2.25. The van der Waals surface area contributed by atoms with Gasteiger partial charge in [-0.2, -0.15) is 0 Å². The van der Waals surface area contributed by atoms with Crippen molar-refractivity contribution in [2.75, 3.05) is 24.2 Å². The van der Waals surface area contributed by atoms with Crippen LogP contribution < -0.4 is 10.6 Å². The van der Waals surface area contributed by atoms with Crippen molar-refractivity contribution in [2.45, 2.75) is 12.5 Å². The van der Waals surface area contributed by atoms with Crippen LogP contribution in [0.5, 0.6) is 0 Å². The molecular weight excluding hydrogens is 434 g/mol. The van der Waals surface area contributed by atoms with E-state index in [1.807, 2.05) is 30.3 Å². The molecule has 0 radical (unpaired) electrons. The fraction of sp³-hybridized carbons (Fsp3) is 0.154. The largest absolute Gasteiger partial charge is 0.448 e. The second-order valence-electron chi connectivity index (χ2n) is 7.87. The molecule has 0 aliphatic carbocycles. The zero-order valence-electron chi connectivity index (χ0n) is 18.5. The number of hydrogen-bond acceptors (Lipinski definition) is 5. The lowest BCUT2D eigenvalue weighted by molar-refractivity contribution is -0.141. The third-order valence-corrected chi connectivity index (χ3v) is 5.39. The minimum Gasteiger partial charge on any atom is -0.448 e. The number of ether oxygens (including phenoxy) is 1. The van der Waals surface area contributed by atoms with Gasteiger partial charge in [0.15, 0.2) is 6.10 Å². The van der Waals surface area contributed by atoms with E-state index < -0.39 is 29.8 Å². The molecule has 1 atom stereocenters. The van der Waals surface area contributed by atoms with Crippen molar-refractivity contribution in [1.29, 1.82) is 0 Å². The Hall–Kier alpha value is -4.46. The van der Waals surface area contributed by atoms with Crippen molar-refractivity contribution in [1.82, 2.24) is 4.90 Å². The predicted molar refractivity (Wildman–Crippen MR) is 126 cm³/mol. The molecule has 4 rings (SSSR count). The molecule has 1 heterocycles. The van der Waals surface area contributed by atoms with Crippen molar-refractivity contribution in [2.24, 2.45) is 0 Å². The number of hydrogen-bond donors (Lipinski definition) is 2. The Labute approximate surface area is 196 Å². The van der Waals surface area contributed by atoms with Gasteiger partial charge in [-0.3, -0.25) is 14.4 Å². The molecular formula is C26H23N3O5. The van der Waals surface area contributed by atoms with Gasteiger partial charge in [-0.25, -0.2) is 4.79 Å². The van der Waals surface area contributed by atoms with Crippen LogP contribution in [0.3, 0.4) is 0 Å². The minimum atomic E-state index is -1.16. The summed E-state index contributed by atoms with van der Waals surface area (Å²) in [7, 11) is 1.46. The van der Waals surface area contributed by atoms with E-state index in [0.717, 1.165) is 5.56 Å². The molecule has 34 heavy (non-hydrogen) atoms. The number of anilines is 2. The van der Waals surface area contributed by atoms with Gasteiger partial charge >= 0.3 is 5.97 Å². The van der Waals surface area contributed by atoms with Crippen molar-refractivity contribution >= 4 is 35.1 Å². The summed E-state index contributed by atoms with van der Waals surface area (Å²) < 4.78 is 5.64. The van der Waals surface area contributed by atoms with E-state index >= 15 is 0 Å². The first-order valence-corrected chi connectivity index (χ1v) is 10.7. The molecule has 3 aromatic rings. The lowest BCUT2D eigenvalue weighted by Crippen LogP contribution is -2.44.